The summed E-state index contributed by atoms with van der Waals surface area (Å²) in [7, 11) is 0. The van der Waals surface area contributed by atoms with E-state index in [1.54, 1.807) is 0 Å². The summed E-state index contributed by atoms with van der Waals surface area (Å²) < 4.78 is 0. The summed E-state index contributed by atoms with van der Waals surface area (Å²) in [5, 5.41) is 12.6. The van der Waals surface area contributed by atoms with Gasteiger partial charge in [-0.2, -0.15) is 0 Å². The monoisotopic (exact) mass is 247 g/mol. The van der Waals surface area contributed by atoms with Crippen molar-refractivity contribution in [3.05, 3.63) is 35.9 Å². The van der Waals surface area contributed by atoms with Crippen molar-refractivity contribution in [2.24, 2.45) is 5.41 Å². The Kier molecular flexibility index (Phi) is 4.79. The van der Waals surface area contributed by atoms with Gasteiger partial charge in [0.05, 0.1) is 0 Å². The molecule has 2 rings (SSSR count). The van der Waals surface area contributed by atoms with Crippen molar-refractivity contribution in [1.82, 2.24) is 5.32 Å². The van der Waals surface area contributed by atoms with E-state index in [4.69, 9.17) is 5.11 Å². The molecule has 100 valence electrons. The molecule has 0 amide bonds. The van der Waals surface area contributed by atoms with Crippen molar-refractivity contribution in [2.45, 2.75) is 38.5 Å². The van der Waals surface area contributed by atoms with E-state index in [9.17, 15) is 0 Å². The van der Waals surface area contributed by atoms with Crippen LogP contribution < -0.4 is 5.32 Å². The van der Waals surface area contributed by atoms with E-state index in [-0.39, 0.29) is 0 Å². The van der Waals surface area contributed by atoms with Crippen molar-refractivity contribution in [1.29, 1.82) is 0 Å². The highest BCUT2D eigenvalue weighted by Gasteiger charge is 2.41. The Bertz CT molecular complexity index is 345. The van der Waals surface area contributed by atoms with Crippen molar-refractivity contribution in [3.8, 4) is 0 Å². The normalized spacial score (nSPS) is 18.6. The molecule has 2 nitrogen and oxygen atoms in total. The molecule has 0 saturated heterocycles. The summed E-state index contributed by atoms with van der Waals surface area (Å²) >= 11 is 0. The second-order valence-corrected chi connectivity index (χ2v) is 5.75. The highest BCUT2D eigenvalue weighted by atomic mass is 16.3. The Morgan fingerprint density at radius 3 is 2.61 bits per heavy atom. The lowest BCUT2D eigenvalue weighted by Gasteiger charge is -2.16. The number of hydrogen-bond donors (Lipinski definition) is 2. The topological polar surface area (TPSA) is 32.3 Å². The van der Waals surface area contributed by atoms with E-state index in [1.165, 1.54) is 24.8 Å². The molecule has 1 unspecified atom stereocenters. The summed E-state index contributed by atoms with van der Waals surface area (Å²) in [6.07, 6.45) is 4.72. The molecule has 1 atom stereocenters. The summed E-state index contributed by atoms with van der Waals surface area (Å²) in [5.41, 5.74) is 1.86. The number of aliphatic hydroxyl groups is 1. The molecule has 1 aromatic rings. The number of hydrogen-bond acceptors (Lipinski definition) is 2. The van der Waals surface area contributed by atoms with Gasteiger partial charge in [-0.3, -0.25) is 0 Å². The molecule has 18 heavy (non-hydrogen) atoms. The standard InChI is InChI=1S/C16H25NO/c1-14(15-5-3-2-4-6-15)7-11-17-13-16(8-9-16)10-12-18/h2-6,14,17-18H,7-13H2,1H3. The van der Waals surface area contributed by atoms with Gasteiger partial charge in [0, 0.05) is 13.2 Å². The molecule has 2 heteroatoms. The van der Waals surface area contributed by atoms with Gasteiger partial charge >= 0.3 is 0 Å². The van der Waals surface area contributed by atoms with E-state index in [0.29, 0.717) is 17.9 Å². The molecular formula is C16H25NO. The molecule has 0 spiro atoms. The summed E-state index contributed by atoms with van der Waals surface area (Å²) in [6, 6.07) is 10.7. The first-order valence-electron chi connectivity index (χ1n) is 7.12. The Labute approximate surface area is 110 Å². The highest BCUT2D eigenvalue weighted by molar-refractivity contribution is 5.18. The Hall–Kier alpha value is -0.860. The quantitative estimate of drug-likeness (QED) is 0.692. The average molecular weight is 247 g/mol. The lowest BCUT2D eigenvalue weighted by Crippen LogP contribution is -2.26. The van der Waals surface area contributed by atoms with Crippen LogP contribution in [0, 0.1) is 5.41 Å². The second kappa shape index (κ2) is 6.35. The largest absolute Gasteiger partial charge is 0.396 e. The third kappa shape index (κ3) is 3.82. The van der Waals surface area contributed by atoms with Crippen molar-refractivity contribution < 1.29 is 5.11 Å². The zero-order valence-electron chi connectivity index (χ0n) is 11.4. The SMILES string of the molecule is CC(CCNCC1(CCO)CC1)c1ccccc1. The summed E-state index contributed by atoms with van der Waals surface area (Å²) in [5.74, 6) is 0.617. The summed E-state index contributed by atoms with van der Waals surface area (Å²) in [4.78, 5) is 0. The van der Waals surface area contributed by atoms with Gasteiger partial charge in [0.25, 0.3) is 0 Å². The first kappa shape index (κ1) is 13.6. The lowest BCUT2D eigenvalue weighted by molar-refractivity contribution is 0.245. The maximum Gasteiger partial charge on any atom is 0.0436 e. The van der Waals surface area contributed by atoms with Gasteiger partial charge < -0.3 is 10.4 Å². The van der Waals surface area contributed by atoms with Crippen LogP contribution >= 0.6 is 0 Å². The van der Waals surface area contributed by atoms with Gasteiger partial charge in [-0.15, -0.1) is 0 Å². The van der Waals surface area contributed by atoms with Crippen LogP contribution in [0.15, 0.2) is 30.3 Å². The van der Waals surface area contributed by atoms with Gasteiger partial charge in [0.2, 0.25) is 0 Å². The minimum atomic E-state index is 0.335. The van der Waals surface area contributed by atoms with Gasteiger partial charge in [0.1, 0.15) is 0 Å². The zero-order chi connectivity index (χ0) is 12.8. The molecule has 1 aliphatic carbocycles. The van der Waals surface area contributed by atoms with E-state index < -0.39 is 0 Å². The van der Waals surface area contributed by atoms with E-state index >= 15 is 0 Å². The first-order valence-corrected chi connectivity index (χ1v) is 7.12. The maximum absolute atomic E-state index is 9.01. The molecule has 0 aliphatic heterocycles. The molecule has 0 radical (unpaired) electrons. The van der Waals surface area contributed by atoms with Crippen LogP contribution in [0.2, 0.25) is 0 Å². The smallest absolute Gasteiger partial charge is 0.0436 e. The Balaban J connectivity index is 1.64. The van der Waals surface area contributed by atoms with Crippen LogP contribution in [0.5, 0.6) is 0 Å². The van der Waals surface area contributed by atoms with Gasteiger partial charge in [-0.25, -0.2) is 0 Å². The summed E-state index contributed by atoms with van der Waals surface area (Å²) in [6.45, 7) is 4.78. The predicted octanol–water partition coefficient (Wildman–Crippen LogP) is 2.93. The Morgan fingerprint density at radius 2 is 2.00 bits per heavy atom. The third-order valence-electron chi connectivity index (χ3n) is 4.22. The third-order valence-corrected chi connectivity index (χ3v) is 4.22. The molecular weight excluding hydrogens is 222 g/mol. The van der Waals surface area contributed by atoms with Crippen molar-refractivity contribution in [3.63, 3.8) is 0 Å². The number of benzene rings is 1. The molecule has 0 aromatic heterocycles. The fourth-order valence-corrected chi connectivity index (χ4v) is 2.55. The van der Waals surface area contributed by atoms with Crippen LogP contribution in [0.25, 0.3) is 0 Å². The minimum Gasteiger partial charge on any atom is -0.396 e. The molecule has 1 aliphatic rings. The molecule has 1 aromatic carbocycles. The number of rotatable bonds is 8. The van der Waals surface area contributed by atoms with Crippen LogP contribution in [0.1, 0.15) is 44.1 Å². The van der Waals surface area contributed by atoms with Crippen LogP contribution in [0.3, 0.4) is 0 Å². The lowest BCUT2D eigenvalue weighted by atomic mass is 9.97. The van der Waals surface area contributed by atoms with Crippen molar-refractivity contribution in [2.75, 3.05) is 19.7 Å². The molecule has 1 saturated carbocycles. The fourth-order valence-electron chi connectivity index (χ4n) is 2.55. The van der Waals surface area contributed by atoms with Crippen LogP contribution in [-0.2, 0) is 0 Å². The Morgan fingerprint density at radius 1 is 1.28 bits per heavy atom. The number of aliphatic hydroxyl groups excluding tert-OH is 1. The second-order valence-electron chi connectivity index (χ2n) is 5.75. The van der Waals surface area contributed by atoms with E-state index in [2.05, 4.69) is 42.6 Å². The van der Waals surface area contributed by atoms with E-state index in [0.717, 1.165) is 19.5 Å². The van der Waals surface area contributed by atoms with Gasteiger partial charge in [-0.1, -0.05) is 37.3 Å². The first-order chi connectivity index (χ1) is 8.76. The van der Waals surface area contributed by atoms with Crippen LogP contribution in [-0.4, -0.2) is 24.8 Å². The molecule has 1 fully saturated rings. The highest BCUT2D eigenvalue weighted by Crippen LogP contribution is 2.47. The number of nitrogens with one attached hydrogen (secondary N) is 1. The molecule has 0 heterocycles. The van der Waals surface area contributed by atoms with E-state index in [1.807, 2.05) is 0 Å². The maximum atomic E-state index is 9.01. The zero-order valence-corrected chi connectivity index (χ0v) is 11.4. The van der Waals surface area contributed by atoms with Crippen LogP contribution in [0.4, 0.5) is 0 Å². The predicted molar refractivity (Wildman–Crippen MR) is 75.7 cm³/mol. The molecule has 0 bridgehead atoms. The van der Waals surface area contributed by atoms with Crippen molar-refractivity contribution >= 4 is 0 Å². The fraction of sp³-hybridized carbons (Fsp3) is 0.625. The minimum absolute atomic E-state index is 0.335. The van der Waals surface area contributed by atoms with Gasteiger partial charge in [0.15, 0.2) is 0 Å². The average Bonchev–Trinajstić information content (AvgIpc) is 3.16. The molecule has 2 N–H and O–H groups in total. The van der Waals surface area contributed by atoms with Gasteiger partial charge in [-0.05, 0) is 49.1 Å².